The van der Waals surface area contributed by atoms with Crippen LogP contribution in [0.15, 0.2) is 18.2 Å². The van der Waals surface area contributed by atoms with E-state index in [2.05, 4.69) is 36.9 Å². The molecule has 0 unspecified atom stereocenters. The third kappa shape index (κ3) is 2.31. The molecule has 0 spiro atoms. The Kier molecular flexibility index (Phi) is 3.40. The van der Waals surface area contributed by atoms with Crippen molar-refractivity contribution in [1.82, 2.24) is 4.90 Å². The van der Waals surface area contributed by atoms with E-state index >= 15 is 0 Å². The zero-order valence-corrected chi connectivity index (χ0v) is 11.0. The molecular formula is C14H23N3. The summed E-state index contributed by atoms with van der Waals surface area (Å²) in [4.78, 5) is 2.47. The number of benzene rings is 1. The van der Waals surface area contributed by atoms with Crippen LogP contribution in [0.1, 0.15) is 37.4 Å². The summed E-state index contributed by atoms with van der Waals surface area (Å²) < 4.78 is 0. The molecule has 1 fully saturated rings. The number of anilines is 1. The average molecular weight is 233 g/mol. The fourth-order valence-corrected chi connectivity index (χ4v) is 2.70. The Balaban J connectivity index is 2.33. The molecule has 0 radical (unpaired) electrons. The van der Waals surface area contributed by atoms with Crippen molar-refractivity contribution in [3.63, 3.8) is 0 Å². The van der Waals surface area contributed by atoms with Crippen LogP contribution >= 0.6 is 0 Å². The third-order valence-electron chi connectivity index (χ3n) is 3.79. The van der Waals surface area contributed by atoms with Gasteiger partial charge in [0.1, 0.15) is 0 Å². The predicted octanol–water partition coefficient (Wildman–Crippen LogP) is 2.06. The number of nitrogens with two attached hydrogens (primary N) is 2. The number of hydrogen-bond acceptors (Lipinski definition) is 3. The van der Waals surface area contributed by atoms with Gasteiger partial charge in [-0.2, -0.15) is 0 Å². The molecule has 0 aliphatic carbocycles. The smallest absolute Gasteiger partial charge is 0.0503 e. The van der Waals surface area contributed by atoms with Gasteiger partial charge in [0.25, 0.3) is 0 Å². The molecule has 17 heavy (non-hydrogen) atoms. The molecule has 3 nitrogen and oxygen atoms in total. The Hall–Kier alpha value is -1.06. The standard InChI is InChI=1S/C14H23N3/c1-9(2)17-7-6-12(15)14(17)11-5-4-10(3)13(16)8-11/h4-5,8-9,12,14H,6-7,15-16H2,1-3H3/t12-,14+/m1/s1. The summed E-state index contributed by atoms with van der Waals surface area (Å²) in [6.45, 7) is 7.57. The van der Waals surface area contributed by atoms with Crippen molar-refractivity contribution >= 4 is 5.69 Å². The van der Waals surface area contributed by atoms with Gasteiger partial charge < -0.3 is 11.5 Å². The van der Waals surface area contributed by atoms with Crippen molar-refractivity contribution in [2.24, 2.45) is 5.73 Å². The van der Waals surface area contributed by atoms with Crippen LogP contribution in [0.2, 0.25) is 0 Å². The highest BCUT2D eigenvalue weighted by atomic mass is 15.2. The number of rotatable bonds is 2. The highest BCUT2D eigenvalue weighted by Crippen LogP contribution is 2.33. The highest BCUT2D eigenvalue weighted by molar-refractivity contribution is 5.49. The van der Waals surface area contributed by atoms with Gasteiger partial charge in [0, 0.05) is 24.3 Å². The molecule has 1 saturated heterocycles. The van der Waals surface area contributed by atoms with Gasteiger partial charge in [-0.05, 0) is 44.4 Å². The minimum Gasteiger partial charge on any atom is -0.399 e. The van der Waals surface area contributed by atoms with Gasteiger partial charge in [-0.1, -0.05) is 12.1 Å². The quantitative estimate of drug-likeness (QED) is 0.769. The van der Waals surface area contributed by atoms with Gasteiger partial charge in [-0.3, -0.25) is 4.90 Å². The van der Waals surface area contributed by atoms with Gasteiger partial charge in [-0.25, -0.2) is 0 Å². The minimum absolute atomic E-state index is 0.222. The third-order valence-corrected chi connectivity index (χ3v) is 3.79. The molecule has 1 heterocycles. The first kappa shape index (κ1) is 12.4. The van der Waals surface area contributed by atoms with Crippen LogP contribution < -0.4 is 11.5 Å². The molecule has 1 aliphatic heterocycles. The number of nitrogens with zero attached hydrogens (tertiary/aromatic N) is 1. The van der Waals surface area contributed by atoms with E-state index in [0.717, 1.165) is 24.2 Å². The minimum atomic E-state index is 0.222. The largest absolute Gasteiger partial charge is 0.399 e. The summed E-state index contributed by atoms with van der Waals surface area (Å²) in [6, 6.07) is 7.40. The van der Waals surface area contributed by atoms with E-state index < -0.39 is 0 Å². The highest BCUT2D eigenvalue weighted by Gasteiger charge is 2.34. The van der Waals surface area contributed by atoms with E-state index in [-0.39, 0.29) is 6.04 Å². The lowest BCUT2D eigenvalue weighted by molar-refractivity contribution is 0.198. The summed E-state index contributed by atoms with van der Waals surface area (Å²) in [5.41, 5.74) is 15.5. The molecule has 0 aromatic heterocycles. The Morgan fingerprint density at radius 1 is 1.35 bits per heavy atom. The number of nitrogen functional groups attached to an aromatic ring is 1. The van der Waals surface area contributed by atoms with Gasteiger partial charge in [0.2, 0.25) is 0 Å². The summed E-state index contributed by atoms with van der Waals surface area (Å²) in [7, 11) is 0. The number of hydrogen-bond donors (Lipinski definition) is 2. The van der Waals surface area contributed by atoms with Crippen LogP contribution in [0, 0.1) is 6.92 Å². The van der Waals surface area contributed by atoms with Gasteiger partial charge in [0.15, 0.2) is 0 Å². The van der Waals surface area contributed by atoms with Gasteiger partial charge in [0.05, 0.1) is 6.04 Å². The van der Waals surface area contributed by atoms with E-state index in [0.29, 0.717) is 12.1 Å². The zero-order valence-electron chi connectivity index (χ0n) is 11.0. The summed E-state index contributed by atoms with van der Waals surface area (Å²) in [5, 5.41) is 0. The molecule has 0 bridgehead atoms. The Morgan fingerprint density at radius 2 is 2.06 bits per heavy atom. The fourth-order valence-electron chi connectivity index (χ4n) is 2.70. The van der Waals surface area contributed by atoms with Gasteiger partial charge >= 0.3 is 0 Å². The van der Waals surface area contributed by atoms with E-state index in [9.17, 15) is 0 Å². The maximum Gasteiger partial charge on any atom is 0.0503 e. The zero-order chi connectivity index (χ0) is 12.6. The van der Waals surface area contributed by atoms with E-state index in [1.54, 1.807) is 0 Å². The molecule has 2 atom stereocenters. The van der Waals surface area contributed by atoms with Crippen molar-refractivity contribution in [2.45, 2.75) is 45.3 Å². The van der Waals surface area contributed by atoms with Crippen LogP contribution in [-0.2, 0) is 0 Å². The second-order valence-corrected chi connectivity index (χ2v) is 5.34. The molecule has 1 aromatic rings. The van der Waals surface area contributed by atoms with Crippen LogP contribution in [-0.4, -0.2) is 23.5 Å². The molecule has 1 aromatic carbocycles. The second-order valence-electron chi connectivity index (χ2n) is 5.34. The van der Waals surface area contributed by atoms with E-state index in [1.165, 1.54) is 5.56 Å². The first-order valence-corrected chi connectivity index (χ1v) is 6.38. The van der Waals surface area contributed by atoms with Crippen molar-refractivity contribution in [3.05, 3.63) is 29.3 Å². The van der Waals surface area contributed by atoms with Gasteiger partial charge in [-0.15, -0.1) is 0 Å². The monoisotopic (exact) mass is 233 g/mol. The number of aryl methyl sites for hydroxylation is 1. The SMILES string of the molecule is Cc1ccc([C@H]2[C@H](N)CCN2C(C)C)cc1N. The molecule has 0 saturated carbocycles. The fraction of sp³-hybridized carbons (Fsp3) is 0.571. The molecular weight excluding hydrogens is 210 g/mol. The average Bonchev–Trinajstić information content (AvgIpc) is 2.64. The summed E-state index contributed by atoms with van der Waals surface area (Å²) >= 11 is 0. The lowest BCUT2D eigenvalue weighted by Gasteiger charge is -2.30. The molecule has 3 heteroatoms. The first-order chi connectivity index (χ1) is 8.00. The van der Waals surface area contributed by atoms with E-state index in [4.69, 9.17) is 11.5 Å². The maximum atomic E-state index is 6.24. The Bertz CT molecular complexity index is 400. The maximum absolute atomic E-state index is 6.24. The Morgan fingerprint density at radius 3 is 2.65 bits per heavy atom. The molecule has 1 aliphatic rings. The molecule has 2 rings (SSSR count). The molecule has 94 valence electrons. The lowest BCUT2D eigenvalue weighted by Crippen LogP contribution is -2.35. The van der Waals surface area contributed by atoms with Crippen molar-refractivity contribution < 1.29 is 0 Å². The van der Waals surface area contributed by atoms with Crippen molar-refractivity contribution in [3.8, 4) is 0 Å². The second kappa shape index (κ2) is 4.67. The van der Waals surface area contributed by atoms with Crippen LogP contribution in [0.5, 0.6) is 0 Å². The normalized spacial score (nSPS) is 25.7. The topological polar surface area (TPSA) is 55.3 Å². The summed E-state index contributed by atoms with van der Waals surface area (Å²) in [5.74, 6) is 0. The Labute approximate surface area is 104 Å². The van der Waals surface area contributed by atoms with Crippen molar-refractivity contribution in [1.29, 1.82) is 0 Å². The van der Waals surface area contributed by atoms with Crippen LogP contribution in [0.4, 0.5) is 5.69 Å². The van der Waals surface area contributed by atoms with E-state index in [1.807, 2.05) is 6.92 Å². The first-order valence-electron chi connectivity index (χ1n) is 6.38. The number of likely N-dealkylation sites (tertiary alicyclic amines) is 1. The van der Waals surface area contributed by atoms with Crippen molar-refractivity contribution in [2.75, 3.05) is 12.3 Å². The van der Waals surface area contributed by atoms with Crippen LogP contribution in [0.25, 0.3) is 0 Å². The molecule has 4 N–H and O–H groups in total. The van der Waals surface area contributed by atoms with Crippen LogP contribution in [0.3, 0.4) is 0 Å². The summed E-state index contributed by atoms with van der Waals surface area (Å²) in [6.07, 6.45) is 1.07. The lowest BCUT2D eigenvalue weighted by atomic mass is 9.98. The molecule has 0 amide bonds. The predicted molar refractivity (Wildman–Crippen MR) is 72.8 cm³/mol.